The molecule has 2 saturated carbocycles. The van der Waals surface area contributed by atoms with E-state index in [-0.39, 0.29) is 12.0 Å². The van der Waals surface area contributed by atoms with E-state index in [0.717, 1.165) is 11.1 Å². The smallest absolute Gasteiger partial charge is 0.231 e. The van der Waals surface area contributed by atoms with Gasteiger partial charge in [-0.1, -0.05) is 29.4 Å². The van der Waals surface area contributed by atoms with Crippen LogP contribution in [0.5, 0.6) is 0 Å². The van der Waals surface area contributed by atoms with Crippen LogP contribution in [0.25, 0.3) is 11.4 Å². The molecule has 4 unspecified atom stereocenters. The molecule has 2 aliphatic rings. The molecule has 1 aromatic carbocycles. The van der Waals surface area contributed by atoms with E-state index in [1.165, 1.54) is 19.3 Å². The molecule has 2 aromatic rings. The molecular formula is C16H20N4O. The van der Waals surface area contributed by atoms with Crippen molar-refractivity contribution < 1.29 is 4.52 Å². The first kappa shape index (κ1) is 13.0. The summed E-state index contributed by atoms with van der Waals surface area (Å²) in [5, 5.41) is 4.13. The van der Waals surface area contributed by atoms with Gasteiger partial charge in [0.2, 0.25) is 11.7 Å². The van der Waals surface area contributed by atoms with Crippen LogP contribution in [0.2, 0.25) is 0 Å². The molecule has 2 aliphatic carbocycles. The molecule has 1 heterocycles. The van der Waals surface area contributed by atoms with Crippen molar-refractivity contribution >= 4 is 0 Å². The van der Waals surface area contributed by atoms with Gasteiger partial charge in [-0.2, -0.15) is 4.98 Å². The standard InChI is InChI=1S/C16H20N4O/c17-8-9-1-3-10(4-2-9)15-19-16(21-20-15)13-11-5-6-12(7-11)14(13)18/h1-4,11-14H,5-8,17-18H2. The molecule has 5 nitrogen and oxygen atoms in total. The zero-order valence-electron chi connectivity index (χ0n) is 11.9. The number of hydrogen-bond donors (Lipinski definition) is 2. The minimum atomic E-state index is 0.177. The molecule has 2 fully saturated rings. The Morgan fingerprint density at radius 3 is 2.57 bits per heavy atom. The van der Waals surface area contributed by atoms with E-state index in [4.69, 9.17) is 16.0 Å². The zero-order valence-corrected chi connectivity index (χ0v) is 11.9. The van der Waals surface area contributed by atoms with Crippen molar-refractivity contribution in [2.45, 2.75) is 37.8 Å². The molecule has 21 heavy (non-hydrogen) atoms. The van der Waals surface area contributed by atoms with Crippen LogP contribution in [0.4, 0.5) is 0 Å². The predicted octanol–water partition coefficient (Wildman–Crippen LogP) is 2.04. The first-order chi connectivity index (χ1) is 10.3. The monoisotopic (exact) mass is 284 g/mol. The lowest BCUT2D eigenvalue weighted by Gasteiger charge is -2.24. The van der Waals surface area contributed by atoms with Gasteiger partial charge in [-0.25, -0.2) is 0 Å². The number of nitrogens with two attached hydrogens (primary N) is 2. The summed E-state index contributed by atoms with van der Waals surface area (Å²) in [7, 11) is 0. The van der Waals surface area contributed by atoms with Gasteiger partial charge in [-0.05, 0) is 36.7 Å². The van der Waals surface area contributed by atoms with Crippen LogP contribution >= 0.6 is 0 Å². The van der Waals surface area contributed by atoms with E-state index in [2.05, 4.69) is 10.1 Å². The van der Waals surface area contributed by atoms with Crippen LogP contribution in [0.1, 0.15) is 36.6 Å². The molecule has 4 rings (SSSR count). The third-order valence-electron chi connectivity index (χ3n) is 5.16. The lowest BCUT2D eigenvalue weighted by Crippen LogP contribution is -2.34. The zero-order chi connectivity index (χ0) is 14.4. The van der Waals surface area contributed by atoms with E-state index in [1.807, 2.05) is 24.3 Å². The van der Waals surface area contributed by atoms with Gasteiger partial charge in [0.05, 0.1) is 5.92 Å². The van der Waals surface area contributed by atoms with Gasteiger partial charge in [-0.15, -0.1) is 0 Å². The van der Waals surface area contributed by atoms with E-state index in [1.54, 1.807) is 0 Å². The Kier molecular flexibility index (Phi) is 3.05. The second-order valence-corrected chi connectivity index (χ2v) is 6.29. The largest absolute Gasteiger partial charge is 0.339 e. The Morgan fingerprint density at radius 1 is 1.14 bits per heavy atom. The lowest BCUT2D eigenvalue weighted by atomic mass is 9.85. The minimum Gasteiger partial charge on any atom is -0.339 e. The molecule has 0 amide bonds. The highest BCUT2D eigenvalue weighted by atomic mass is 16.5. The molecule has 0 aliphatic heterocycles. The maximum Gasteiger partial charge on any atom is 0.231 e. The topological polar surface area (TPSA) is 91.0 Å². The van der Waals surface area contributed by atoms with E-state index >= 15 is 0 Å². The summed E-state index contributed by atoms with van der Waals surface area (Å²) in [4.78, 5) is 4.60. The second kappa shape index (κ2) is 4.93. The highest BCUT2D eigenvalue weighted by Gasteiger charge is 2.48. The maximum absolute atomic E-state index is 6.34. The normalized spacial score (nSPS) is 31.0. The third-order valence-corrected chi connectivity index (χ3v) is 5.16. The van der Waals surface area contributed by atoms with Crippen molar-refractivity contribution in [1.29, 1.82) is 0 Å². The first-order valence-corrected chi connectivity index (χ1v) is 7.65. The Morgan fingerprint density at radius 2 is 1.90 bits per heavy atom. The number of rotatable bonds is 3. The molecule has 4 atom stereocenters. The first-order valence-electron chi connectivity index (χ1n) is 7.65. The predicted molar refractivity (Wildman–Crippen MR) is 79.2 cm³/mol. The highest BCUT2D eigenvalue weighted by Crippen LogP contribution is 2.51. The van der Waals surface area contributed by atoms with Crippen LogP contribution in [0.15, 0.2) is 28.8 Å². The molecule has 5 heteroatoms. The summed E-state index contributed by atoms with van der Waals surface area (Å²) in [6, 6.07) is 8.13. The summed E-state index contributed by atoms with van der Waals surface area (Å²) < 4.78 is 5.52. The van der Waals surface area contributed by atoms with Crippen molar-refractivity contribution in [3.63, 3.8) is 0 Å². The number of nitrogens with zero attached hydrogens (tertiary/aromatic N) is 2. The summed E-state index contributed by atoms with van der Waals surface area (Å²) in [5.74, 6) is 2.86. The Hall–Kier alpha value is -1.72. The van der Waals surface area contributed by atoms with Crippen molar-refractivity contribution in [3.8, 4) is 11.4 Å². The van der Waals surface area contributed by atoms with Crippen LogP contribution < -0.4 is 11.5 Å². The Bertz CT molecular complexity index is 634. The SMILES string of the molecule is NCc1ccc(-c2noc(C3C4CCC(C4)C3N)n2)cc1. The molecule has 2 bridgehead atoms. The summed E-state index contributed by atoms with van der Waals surface area (Å²) in [6.45, 7) is 0.539. The number of fused-ring (bicyclic) bond motifs is 2. The van der Waals surface area contributed by atoms with E-state index < -0.39 is 0 Å². The van der Waals surface area contributed by atoms with Crippen LogP contribution in [0, 0.1) is 11.8 Å². The van der Waals surface area contributed by atoms with Gasteiger partial charge in [-0.3, -0.25) is 0 Å². The van der Waals surface area contributed by atoms with Gasteiger partial charge in [0.1, 0.15) is 0 Å². The van der Waals surface area contributed by atoms with Crippen molar-refractivity contribution in [1.82, 2.24) is 10.1 Å². The van der Waals surface area contributed by atoms with Crippen molar-refractivity contribution in [3.05, 3.63) is 35.7 Å². The molecular weight excluding hydrogens is 264 g/mol. The molecule has 0 radical (unpaired) electrons. The molecule has 4 N–H and O–H groups in total. The minimum absolute atomic E-state index is 0.177. The van der Waals surface area contributed by atoms with Gasteiger partial charge >= 0.3 is 0 Å². The van der Waals surface area contributed by atoms with Gasteiger partial charge in [0.25, 0.3) is 0 Å². The van der Waals surface area contributed by atoms with Gasteiger partial charge in [0.15, 0.2) is 0 Å². The molecule has 0 saturated heterocycles. The fraction of sp³-hybridized carbons (Fsp3) is 0.500. The maximum atomic E-state index is 6.34. The van der Waals surface area contributed by atoms with Gasteiger partial charge in [0, 0.05) is 18.2 Å². The van der Waals surface area contributed by atoms with Crippen LogP contribution in [0.3, 0.4) is 0 Å². The highest BCUT2D eigenvalue weighted by molar-refractivity contribution is 5.54. The van der Waals surface area contributed by atoms with E-state index in [0.29, 0.717) is 30.1 Å². The fourth-order valence-corrected chi connectivity index (χ4v) is 3.98. The summed E-state index contributed by atoms with van der Waals surface area (Å²) in [6.07, 6.45) is 3.71. The van der Waals surface area contributed by atoms with E-state index in [9.17, 15) is 0 Å². The quantitative estimate of drug-likeness (QED) is 0.900. The van der Waals surface area contributed by atoms with Crippen molar-refractivity contribution in [2.75, 3.05) is 0 Å². The number of hydrogen-bond acceptors (Lipinski definition) is 5. The molecule has 0 spiro atoms. The fourth-order valence-electron chi connectivity index (χ4n) is 3.98. The Labute approximate surface area is 123 Å². The van der Waals surface area contributed by atoms with Gasteiger partial charge < -0.3 is 16.0 Å². The molecule has 1 aromatic heterocycles. The number of benzene rings is 1. The molecule has 110 valence electrons. The summed E-state index contributed by atoms with van der Waals surface area (Å²) in [5.41, 5.74) is 14.0. The average Bonchev–Trinajstić information content (AvgIpc) is 3.22. The third kappa shape index (κ3) is 2.08. The Balaban J connectivity index is 1.60. The average molecular weight is 284 g/mol. The van der Waals surface area contributed by atoms with Crippen LogP contribution in [-0.4, -0.2) is 16.2 Å². The van der Waals surface area contributed by atoms with Crippen molar-refractivity contribution in [2.24, 2.45) is 23.3 Å². The lowest BCUT2D eigenvalue weighted by molar-refractivity contribution is 0.279. The number of aromatic nitrogens is 2. The summed E-state index contributed by atoms with van der Waals surface area (Å²) >= 11 is 0. The second-order valence-electron chi connectivity index (χ2n) is 6.29. The van der Waals surface area contributed by atoms with Crippen LogP contribution in [-0.2, 0) is 6.54 Å².